The van der Waals surface area contributed by atoms with Gasteiger partial charge in [0.15, 0.2) is 0 Å². The molecule has 24 heavy (non-hydrogen) atoms. The van der Waals surface area contributed by atoms with Gasteiger partial charge in [-0.3, -0.25) is 4.98 Å². The SMILES string of the molecule is O=S(=O)(NCc1cncc(-c2ccco2)c1)c1c(Cl)cccc1Cl. The predicted molar refractivity (Wildman–Crippen MR) is 92.4 cm³/mol. The molecule has 0 spiro atoms. The third-order valence-corrected chi connectivity index (χ3v) is 5.61. The first-order valence-electron chi connectivity index (χ1n) is 6.89. The molecule has 0 saturated carbocycles. The van der Waals surface area contributed by atoms with E-state index in [0.717, 1.165) is 5.56 Å². The van der Waals surface area contributed by atoms with Crippen molar-refractivity contribution < 1.29 is 12.8 Å². The summed E-state index contributed by atoms with van der Waals surface area (Å²) in [5, 5.41) is 0.134. The lowest BCUT2D eigenvalue weighted by atomic mass is 10.2. The molecular weight excluding hydrogens is 371 g/mol. The maximum atomic E-state index is 12.4. The molecule has 2 heterocycles. The molecule has 0 aliphatic rings. The fourth-order valence-corrected chi connectivity index (χ4v) is 4.31. The Morgan fingerprint density at radius 2 is 1.83 bits per heavy atom. The minimum Gasteiger partial charge on any atom is -0.464 e. The second-order valence-electron chi connectivity index (χ2n) is 4.93. The minimum atomic E-state index is -3.85. The van der Waals surface area contributed by atoms with Gasteiger partial charge in [-0.15, -0.1) is 0 Å². The van der Waals surface area contributed by atoms with Crippen molar-refractivity contribution in [2.45, 2.75) is 11.4 Å². The van der Waals surface area contributed by atoms with Gasteiger partial charge < -0.3 is 4.42 Å². The molecule has 0 amide bonds. The largest absolute Gasteiger partial charge is 0.464 e. The van der Waals surface area contributed by atoms with Crippen LogP contribution in [-0.2, 0) is 16.6 Å². The summed E-state index contributed by atoms with van der Waals surface area (Å²) in [7, 11) is -3.85. The normalized spacial score (nSPS) is 11.6. The van der Waals surface area contributed by atoms with Crippen LogP contribution in [0, 0.1) is 0 Å². The third-order valence-electron chi connectivity index (χ3n) is 3.25. The molecule has 8 heteroatoms. The van der Waals surface area contributed by atoms with E-state index in [1.165, 1.54) is 12.1 Å². The van der Waals surface area contributed by atoms with Crippen molar-refractivity contribution in [1.29, 1.82) is 0 Å². The summed E-state index contributed by atoms with van der Waals surface area (Å²) < 4.78 is 32.7. The molecule has 0 aliphatic carbocycles. The molecule has 124 valence electrons. The van der Waals surface area contributed by atoms with Gasteiger partial charge in [-0.2, -0.15) is 0 Å². The number of aromatic nitrogens is 1. The molecule has 3 aromatic rings. The van der Waals surface area contributed by atoms with E-state index in [4.69, 9.17) is 27.6 Å². The zero-order valence-electron chi connectivity index (χ0n) is 12.2. The Morgan fingerprint density at radius 1 is 1.08 bits per heavy atom. The van der Waals surface area contributed by atoms with Gasteiger partial charge in [0.05, 0.1) is 16.3 Å². The molecule has 1 aromatic carbocycles. The number of halogens is 2. The number of hydrogen-bond acceptors (Lipinski definition) is 4. The molecule has 2 aromatic heterocycles. The maximum Gasteiger partial charge on any atom is 0.243 e. The van der Waals surface area contributed by atoms with Gasteiger partial charge in [-0.25, -0.2) is 13.1 Å². The van der Waals surface area contributed by atoms with Gasteiger partial charge in [0.2, 0.25) is 10.0 Å². The molecule has 0 atom stereocenters. The molecule has 0 saturated heterocycles. The van der Waals surface area contributed by atoms with Crippen LogP contribution in [0.1, 0.15) is 5.56 Å². The van der Waals surface area contributed by atoms with Crippen molar-refractivity contribution >= 4 is 33.2 Å². The number of sulfonamides is 1. The van der Waals surface area contributed by atoms with Crippen LogP contribution in [0.15, 0.2) is 64.4 Å². The molecule has 0 aliphatic heterocycles. The van der Waals surface area contributed by atoms with Crippen LogP contribution >= 0.6 is 23.2 Å². The number of benzene rings is 1. The highest BCUT2D eigenvalue weighted by molar-refractivity contribution is 7.89. The maximum absolute atomic E-state index is 12.4. The summed E-state index contributed by atoms with van der Waals surface area (Å²) in [6, 6.07) is 9.89. The predicted octanol–water partition coefficient (Wildman–Crippen LogP) is 4.13. The standard InChI is InChI=1S/C16H12Cl2N2O3S/c17-13-3-1-4-14(18)16(13)24(21,22)20-9-11-7-12(10-19-8-11)15-5-2-6-23-15/h1-8,10,20H,9H2. The zero-order valence-corrected chi connectivity index (χ0v) is 14.6. The summed E-state index contributed by atoms with van der Waals surface area (Å²) in [6.45, 7) is 0.0471. The van der Waals surface area contributed by atoms with Gasteiger partial charge in [-0.1, -0.05) is 29.3 Å². The van der Waals surface area contributed by atoms with Crippen molar-refractivity contribution in [3.05, 3.63) is 70.7 Å². The van der Waals surface area contributed by atoms with Gasteiger partial charge in [0.1, 0.15) is 10.7 Å². The fourth-order valence-electron chi connectivity index (χ4n) is 2.15. The van der Waals surface area contributed by atoms with Gasteiger partial charge in [0, 0.05) is 24.5 Å². The quantitative estimate of drug-likeness (QED) is 0.719. The third kappa shape index (κ3) is 3.62. The Balaban J connectivity index is 1.82. The number of nitrogens with one attached hydrogen (secondary N) is 1. The Kier molecular flexibility index (Phi) is 4.91. The van der Waals surface area contributed by atoms with Crippen LogP contribution in [0.2, 0.25) is 10.0 Å². The van der Waals surface area contributed by atoms with Gasteiger partial charge >= 0.3 is 0 Å². The Hall–Kier alpha value is -1.86. The second-order valence-corrected chi connectivity index (χ2v) is 7.45. The molecule has 3 rings (SSSR count). The summed E-state index contributed by atoms with van der Waals surface area (Å²) in [5.41, 5.74) is 1.43. The number of pyridine rings is 1. The molecule has 0 fully saturated rings. The summed E-state index contributed by atoms with van der Waals surface area (Å²) >= 11 is 11.9. The highest BCUT2D eigenvalue weighted by Crippen LogP contribution is 2.29. The van der Waals surface area contributed by atoms with Crippen LogP contribution in [0.5, 0.6) is 0 Å². The van der Waals surface area contributed by atoms with E-state index >= 15 is 0 Å². The van der Waals surface area contributed by atoms with Crippen LogP contribution < -0.4 is 4.72 Å². The Morgan fingerprint density at radius 3 is 2.50 bits per heavy atom. The van der Waals surface area contributed by atoms with E-state index in [9.17, 15) is 8.42 Å². The zero-order chi connectivity index (χ0) is 17.2. The van der Waals surface area contributed by atoms with E-state index < -0.39 is 10.0 Å². The van der Waals surface area contributed by atoms with E-state index in [1.807, 2.05) is 0 Å². The molecule has 0 radical (unpaired) electrons. The van der Waals surface area contributed by atoms with E-state index in [1.54, 1.807) is 42.9 Å². The number of rotatable bonds is 5. The van der Waals surface area contributed by atoms with Crippen molar-refractivity contribution in [2.75, 3.05) is 0 Å². The van der Waals surface area contributed by atoms with E-state index in [-0.39, 0.29) is 21.5 Å². The number of nitrogens with zero attached hydrogens (tertiary/aromatic N) is 1. The molecule has 1 N–H and O–H groups in total. The molecule has 0 bridgehead atoms. The lowest BCUT2D eigenvalue weighted by Crippen LogP contribution is -2.24. The summed E-state index contributed by atoms with van der Waals surface area (Å²) in [4.78, 5) is 3.97. The Labute approximate surface area is 149 Å². The average Bonchev–Trinajstić information content (AvgIpc) is 3.07. The van der Waals surface area contributed by atoms with E-state index in [0.29, 0.717) is 11.3 Å². The van der Waals surface area contributed by atoms with Gasteiger partial charge in [0.25, 0.3) is 0 Å². The molecule has 0 unspecified atom stereocenters. The van der Waals surface area contributed by atoms with Crippen molar-refractivity contribution in [1.82, 2.24) is 9.71 Å². The highest BCUT2D eigenvalue weighted by atomic mass is 35.5. The first kappa shape index (κ1) is 17.0. The minimum absolute atomic E-state index is 0.0471. The van der Waals surface area contributed by atoms with Crippen LogP contribution in [0.25, 0.3) is 11.3 Å². The smallest absolute Gasteiger partial charge is 0.243 e. The highest BCUT2D eigenvalue weighted by Gasteiger charge is 2.21. The van der Waals surface area contributed by atoms with Crippen molar-refractivity contribution in [3.63, 3.8) is 0 Å². The number of hydrogen-bond donors (Lipinski definition) is 1. The monoisotopic (exact) mass is 382 g/mol. The first-order valence-corrected chi connectivity index (χ1v) is 9.13. The topological polar surface area (TPSA) is 72.2 Å². The molecule has 5 nitrogen and oxygen atoms in total. The summed E-state index contributed by atoms with van der Waals surface area (Å²) in [5.74, 6) is 0.654. The Bertz CT molecular complexity index is 937. The first-order chi connectivity index (χ1) is 11.5. The van der Waals surface area contributed by atoms with Crippen LogP contribution in [0.4, 0.5) is 0 Å². The second kappa shape index (κ2) is 6.94. The van der Waals surface area contributed by atoms with Crippen LogP contribution in [-0.4, -0.2) is 13.4 Å². The molecular formula is C16H12Cl2N2O3S. The summed E-state index contributed by atoms with van der Waals surface area (Å²) in [6.07, 6.45) is 4.77. The van der Waals surface area contributed by atoms with Gasteiger partial charge in [-0.05, 0) is 35.9 Å². The van der Waals surface area contributed by atoms with Crippen molar-refractivity contribution in [2.24, 2.45) is 0 Å². The number of furan rings is 1. The van der Waals surface area contributed by atoms with Crippen LogP contribution in [0.3, 0.4) is 0 Å². The lowest BCUT2D eigenvalue weighted by Gasteiger charge is -2.10. The lowest BCUT2D eigenvalue weighted by molar-refractivity contribution is 0.580. The van der Waals surface area contributed by atoms with Crippen molar-refractivity contribution in [3.8, 4) is 11.3 Å². The fraction of sp³-hybridized carbons (Fsp3) is 0.0625. The van der Waals surface area contributed by atoms with E-state index in [2.05, 4.69) is 9.71 Å². The average molecular weight is 383 g/mol.